The molecule has 0 spiro atoms. The van der Waals surface area contributed by atoms with Crippen molar-refractivity contribution in [1.82, 2.24) is 9.97 Å². The number of aromatic nitrogens is 2. The van der Waals surface area contributed by atoms with Crippen molar-refractivity contribution in [3.8, 4) is 0 Å². The molecule has 134 valence electrons. The first-order chi connectivity index (χ1) is 12.6. The van der Waals surface area contributed by atoms with Gasteiger partial charge in [-0.15, -0.1) is 0 Å². The van der Waals surface area contributed by atoms with Crippen LogP contribution in [0, 0.1) is 0 Å². The largest absolute Gasteiger partial charge is 0.383 e. The van der Waals surface area contributed by atoms with Crippen LogP contribution in [0.5, 0.6) is 0 Å². The number of nitrogens with one attached hydrogen (secondary N) is 2. The molecule has 1 saturated heterocycles. The van der Waals surface area contributed by atoms with Crippen molar-refractivity contribution in [2.45, 2.75) is 25.2 Å². The molecule has 2 aromatic rings. The summed E-state index contributed by atoms with van der Waals surface area (Å²) in [5.74, 6) is -0.184. The van der Waals surface area contributed by atoms with Crippen LogP contribution in [-0.4, -0.2) is 34.9 Å². The molecule has 8 nitrogen and oxygen atoms in total. The lowest BCUT2D eigenvalue weighted by molar-refractivity contribution is -0.123. The van der Waals surface area contributed by atoms with Crippen LogP contribution in [0.15, 0.2) is 30.3 Å². The molecule has 4 rings (SSSR count). The van der Waals surface area contributed by atoms with Gasteiger partial charge >= 0.3 is 0 Å². The average Bonchev–Trinajstić information content (AvgIpc) is 3.16. The van der Waals surface area contributed by atoms with Crippen LogP contribution in [0.1, 0.15) is 30.7 Å². The zero-order valence-electron chi connectivity index (χ0n) is 14.2. The molecule has 8 heteroatoms. The monoisotopic (exact) mass is 352 g/mol. The van der Waals surface area contributed by atoms with E-state index in [9.17, 15) is 9.59 Å². The number of benzene rings is 1. The van der Waals surface area contributed by atoms with Gasteiger partial charge in [0.15, 0.2) is 0 Å². The van der Waals surface area contributed by atoms with E-state index in [2.05, 4.69) is 20.6 Å². The number of rotatable bonds is 3. The Morgan fingerprint density at radius 2 is 1.92 bits per heavy atom. The molecule has 1 fully saturated rings. The Morgan fingerprint density at radius 1 is 1.19 bits per heavy atom. The summed E-state index contributed by atoms with van der Waals surface area (Å²) in [4.78, 5) is 35.8. The summed E-state index contributed by atoms with van der Waals surface area (Å²) in [5, 5.41) is 5.57. The van der Waals surface area contributed by atoms with Crippen molar-refractivity contribution in [2.24, 2.45) is 0 Å². The van der Waals surface area contributed by atoms with Gasteiger partial charge in [0.05, 0.1) is 11.5 Å². The third kappa shape index (κ3) is 3.05. The highest BCUT2D eigenvalue weighted by Crippen LogP contribution is 2.36. The Labute approximate surface area is 150 Å². The second kappa shape index (κ2) is 6.62. The van der Waals surface area contributed by atoms with Crippen LogP contribution >= 0.6 is 0 Å². The van der Waals surface area contributed by atoms with Crippen LogP contribution in [0.25, 0.3) is 0 Å². The van der Waals surface area contributed by atoms with Gasteiger partial charge in [-0.05, 0) is 25.0 Å². The predicted molar refractivity (Wildman–Crippen MR) is 99.0 cm³/mol. The zero-order valence-corrected chi connectivity index (χ0v) is 14.2. The number of carbonyl (C=O) groups is 2. The minimum absolute atomic E-state index is 0.0162. The van der Waals surface area contributed by atoms with Gasteiger partial charge in [0.25, 0.3) is 0 Å². The predicted octanol–water partition coefficient (Wildman–Crippen LogP) is 1.72. The van der Waals surface area contributed by atoms with Crippen molar-refractivity contribution in [2.75, 3.05) is 34.4 Å². The fourth-order valence-corrected chi connectivity index (χ4v) is 3.42. The van der Waals surface area contributed by atoms with Gasteiger partial charge in [0, 0.05) is 25.2 Å². The molecule has 0 saturated carbocycles. The SMILES string of the molecule is Nc1nc(N2CCCC2)nc2c1[C@H](C(=O)Nc1ccccc1)CC(=O)N2. The summed E-state index contributed by atoms with van der Waals surface area (Å²) in [7, 11) is 0. The summed E-state index contributed by atoms with van der Waals surface area (Å²) < 4.78 is 0. The Balaban J connectivity index is 1.66. The van der Waals surface area contributed by atoms with Crippen LogP contribution in [0.2, 0.25) is 0 Å². The van der Waals surface area contributed by atoms with Crippen LogP contribution in [-0.2, 0) is 9.59 Å². The second-order valence-electron chi connectivity index (χ2n) is 6.53. The molecule has 0 unspecified atom stereocenters. The summed E-state index contributed by atoms with van der Waals surface area (Å²) in [5.41, 5.74) is 7.32. The summed E-state index contributed by atoms with van der Waals surface area (Å²) in [6.07, 6.45) is 2.17. The molecule has 26 heavy (non-hydrogen) atoms. The Morgan fingerprint density at radius 3 is 2.65 bits per heavy atom. The zero-order chi connectivity index (χ0) is 18.1. The maximum absolute atomic E-state index is 12.8. The van der Waals surface area contributed by atoms with E-state index in [1.807, 2.05) is 23.1 Å². The van der Waals surface area contributed by atoms with Gasteiger partial charge in [0.2, 0.25) is 17.8 Å². The molecule has 1 aromatic carbocycles. The lowest BCUT2D eigenvalue weighted by Gasteiger charge is -2.26. The molecule has 1 aromatic heterocycles. The molecule has 2 aliphatic heterocycles. The molecular formula is C18H20N6O2. The number of anilines is 4. The van der Waals surface area contributed by atoms with E-state index in [0.29, 0.717) is 23.0 Å². The molecule has 0 aliphatic carbocycles. The topological polar surface area (TPSA) is 113 Å². The fraction of sp³-hybridized carbons (Fsp3) is 0.333. The van der Waals surface area contributed by atoms with Crippen LogP contribution < -0.4 is 21.3 Å². The van der Waals surface area contributed by atoms with Crippen molar-refractivity contribution in [3.63, 3.8) is 0 Å². The molecule has 4 N–H and O–H groups in total. The highest BCUT2D eigenvalue weighted by molar-refractivity contribution is 6.05. The van der Waals surface area contributed by atoms with Gasteiger partial charge < -0.3 is 21.3 Å². The molecule has 2 amide bonds. The lowest BCUT2D eigenvalue weighted by atomic mass is 9.92. The molecule has 1 atom stereocenters. The highest BCUT2D eigenvalue weighted by Gasteiger charge is 2.35. The smallest absolute Gasteiger partial charge is 0.232 e. The number of nitrogens with two attached hydrogens (primary N) is 1. The number of para-hydroxylation sites is 1. The van der Waals surface area contributed by atoms with E-state index in [-0.39, 0.29) is 24.1 Å². The standard InChI is InChI=1S/C18H20N6O2/c19-15-14-12(17(26)20-11-6-2-1-3-7-11)10-13(25)21-16(14)23-18(22-15)24-8-4-5-9-24/h1-3,6-7,12H,4-5,8-10H2,(H,20,26)(H3,19,21,22,23,25)/t12-/m1/s1. The van der Waals surface area contributed by atoms with E-state index >= 15 is 0 Å². The third-order valence-corrected chi connectivity index (χ3v) is 4.71. The van der Waals surface area contributed by atoms with Gasteiger partial charge in [-0.25, -0.2) is 0 Å². The van der Waals surface area contributed by atoms with E-state index in [1.165, 1.54) is 0 Å². The molecule has 0 bridgehead atoms. The normalized spacial score (nSPS) is 19.0. The van der Waals surface area contributed by atoms with E-state index in [1.54, 1.807) is 12.1 Å². The molecule has 3 heterocycles. The van der Waals surface area contributed by atoms with Crippen LogP contribution in [0.4, 0.5) is 23.3 Å². The second-order valence-corrected chi connectivity index (χ2v) is 6.53. The lowest BCUT2D eigenvalue weighted by Crippen LogP contribution is -2.33. The van der Waals surface area contributed by atoms with E-state index in [4.69, 9.17) is 5.73 Å². The van der Waals surface area contributed by atoms with Crippen molar-refractivity contribution >= 4 is 35.1 Å². The molecule has 2 aliphatic rings. The maximum Gasteiger partial charge on any atom is 0.232 e. The van der Waals surface area contributed by atoms with E-state index < -0.39 is 5.92 Å². The highest BCUT2D eigenvalue weighted by atomic mass is 16.2. The molecule has 0 radical (unpaired) electrons. The van der Waals surface area contributed by atoms with Gasteiger partial charge in [-0.3, -0.25) is 9.59 Å². The Bertz CT molecular complexity index is 848. The van der Waals surface area contributed by atoms with Gasteiger partial charge in [-0.2, -0.15) is 9.97 Å². The van der Waals surface area contributed by atoms with Crippen molar-refractivity contribution < 1.29 is 9.59 Å². The van der Waals surface area contributed by atoms with E-state index in [0.717, 1.165) is 25.9 Å². The first kappa shape index (κ1) is 16.3. The minimum Gasteiger partial charge on any atom is -0.383 e. The number of amides is 2. The summed E-state index contributed by atoms with van der Waals surface area (Å²) in [6, 6.07) is 9.11. The maximum atomic E-state index is 12.8. The number of hydrogen-bond acceptors (Lipinski definition) is 6. The van der Waals surface area contributed by atoms with Gasteiger partial charge in [-0.1, -0.05) is 18.2 Å². The number of carbonyl (C=O) groups excluding carboxylic acids is 2. The minimum atomic E-state index is -0.716. The number of nitrogen functional groups attached to an aromatic ring is 1. The summed E-state index contributed by atoms with van der Waals surface area (Å²) >= 11 is 0. The third-order valence-electron chi connectivity index (χ3n) is 4.71. The average molecular weight is 352 g/mol. The van der Waals surface area contributed by atoms with Crippen LogP contribution in [0.3, 0.4) is 0 Å². The number of nitrogens with zero attached hydrogens (tertiary/aromatic N) is 3. The number of fused-ring (bicyclic) bond motifs is 1. The molecular weight excluding hydrogens is 332 g/mol. The first-order valence-corrected chi connectivity index (χ1v) is 8.70. The first-order valence-electron chi connectivity index (χ1n) is 8.70. The Hall–Kier alpha value is -3.16. The Kier molecular flexibility index (Phi) is 4.16. The fourth-order valence-electron chi connectivity index (χ4n) is 3.42. The number of hydrogen-bond donors (Lipinski definition) is 3. The summed E-state index contributed by atoms with van der Waals surface area (Å²) in [6.45, 7) is 1.73. The van der Waals surface area contributed by atoms with Crippen molar-refractivity contribution in [1.29, 1.82) is 0 Å². The van der Waals surface area contributed by atoms with Gasteiger partial charge in [0.1, 0.15) is 11.6 Å². The quantitative estimate of drug-likeness (QED) is 0.775. The van der Waals surface area contributed by atoms with Crippen molar-refractivity contribution in [3.05, 3.63) is 35.9 Å².